The van der Waals surface area contributed by atoms with Crippen molar-refractivity contribution in [1.29, 1.82) is 0 Å². The van der Waals surface area contributed by atoms with Crippen LogP contribution in [0.1, 0.15) is 15.9 Å². The molecule has 2 aromatic rings. The number of hydrogen-bond donors (Lipinski definition) is 2. The number of carbonyl (C=O) groups excluding carboxylic acids is 1. The molecule has 0 spiro atoms. The van der Waals surface area contributed by atoms with Crippen LogP contribution in [0.3, 0.4) is 0 Å². The minimum absolute atomic E-state index is 0.107. The fraction of sp³-hybridized carbons (Fsp3) is 0.0714. The van der Waals surface area contributed by atoms with Crippen molar-refractivity contribution in [3.05, 3.63) is 63.5 Å². The molecule has 0 atom stereocenters. The van der Waals surface area contributed by atoms with Crippen LogP contribution >= 0.6 is 0 Å². The number of nitrogen functional groups attached to an aromatic ring is 1. The van der Waals surface area contributed by atoms with Gasteiger partial charge in [0.25, 0.3) is 11.6 Å². The normalized spacial score (nSPS) is 10.2. The second kappa shape index (κ2) is 5.58. The highest BCUT2D eigenvalue weighted by atomic mass is 19.1. The molecule has 7 heteroatoms. The van der Waals surface area contributed by atoms with Gasteiger partial charge in [-0.3, -0.25) is 14.9 Å². The summed E-state index contributed by atoms with van der Waals surface area (Å²) in [5.74, 6) is -1.43. The third-order valence-corrected chi connectivity index (χ3v) is 2.91. The van der Waals surface area contributed by atoms with Gasteiger partial charge in [-0.15, -0.1) is 0 Å². The average Bonchev–Trinajstić information content (AvgIpc) is 2.42. The summed E-state index contributed by atoms with van der Waals surface area (Å²) in [5.41, 5.74) is 5.64. The van der Waals surface area contributed by atoms with Crippen molar-refractivity contribution in [2.75, 3.05) is 11.1 Å². The fourth-order valence-corrected chi connectivity index (χ4v) is 1.92. The molecule has 2 aromatic carbocycles. The Morgan fingerprint density at radius 2 is 2.05 bits per heavy atom. The number of nitrogens with one attached hydrogen (secondary N) is 1. The molecular weight excluding hydrogens is 277 g/mol. The molecule has 108 valence electrons. The Kier molecular flexibility index (Phi) is 3.84. The molecule has 0 radical (unpaired) electrons. The Hall–Kier alpha value is -2.96. The van der Waals surface area contributed by atoms with Crippen molar-refractivity contribution in [2.24, 2.45) is 0 Å². The van der Waals surface area contributed by atoms with Crippen LogP contribution in [-0.2, 0) is 0 Å². The monoisotopic (exact) mass is 289 g/mol. The van der Waals surface area contributed by atoms with Crippen molar-refractivity contribution in [1.82, 2.24) is 0 Å². The Morgan fingerprint density at radius 3 is 2.71 bits per heavy atom. The van der Waals surface area contributed by atoms with Crippen LogP contribution in [0, 0.1) is 22.9 Å². The first-order chi connectivity index (χ1) is 9.90. The molecule has 0 aliphatic heterocycles. The van der Waals surface area contributed by atoms with Crippen LogP contribution in [0.5, 0.6) is 0 Å². The van der Waals surface area contributed by atoms with Gasteiger partial charge in [0.05, 0.1) is 10.6 Å². The molecule has 0 aliphatic carbocycles. The van der Waals surface area contributed by atoms with E-state index in [-0.39, 0.29) is 22.6 Å². The minimum atomic E-state index is -0.760. The number of nitro benzene ring substituents is 1. The van der Waals surface area contributed by atoms with Gasteiger partial charge in [0.2, 0.25) is 0 Å². The van der Waals surface area contributed by atoms with Crippen LogP contribution in [0.2, 0.25) is 0 Å². The van der Waals surface area contributed by atoms with Gasteiger partial charge >= 0.3 is 0 Å². The number of amides is 1. The lowest BCUT2D eigenvalue weighted by molar-refractivity contribution is -0.385. The third kappa shape index (κ3) is 2.97. The molecule has 3 N–H and O–H groups in total. The number of anilines is 2. The van der Waals surface area contributed by atoms with Gasteiger partial charge < -0.3 is 11.1 Å². The first kappa shape index (κ1) is 14.4. The lowest BCUT2D eigenvalue weighted by Gasteiger charge is -2.09. The van der Waals surface area contributed by atoms with Gasteiger partial charge in [0.1, 0.15) is 11.4 Å². The maximum Gasteiger partial charge on any atom is 0.282 e. The van der Waals surface area contributed by atoms with Crippen molar-refractivity contribution in [2.45, 2.75) is 6.92 Å². The number of carbonyl (C=O) groups is 1. The van der Waals surface area contributed by atoms with E-state index in [1.54, 1.807) is 13.0 Å². The van der Waals surface area contributed by atoms with E-state index < -0.39 is 16.6 Å². The van der Waals surface area contributed by atoms with Crippen LogP contribution in [0.4, 0.5) is 21.5 Å². The molecule has 0 heterocycles. The first-order valence-corrected chi connectivity index (χ1v) is 6.00. The number of hydrogen-bond acceptors (Lipinski definition) is 4. The van der Waals surface area contributed by atoms with Crippen molar-refractivity contribution >= 4 is 23.0 Å². The second-order valence-electron chi connectivity index (χ2n) is 4.42. The van der Waals surface area contributed by atoms with E-state index in [0.29, 0.717) is 5.56 Å². The Labute approximate surface area is 119 Å². The first-order valence-electron chi connectivity index (χ1n) is 6.00. The summed E-state index contributed by atoms with van der Waals surface area (Å²) in [6.45, 7) is 1.57. The van der Waals surface area contributed by atoms with Gasteiger partial charge in [-0.2, -0.15) is 0 Å². The van der Waals surface area contributed by atoms with Gasteiger partial charge in [-0.25, -0.2) is 4.39 Å². The largest absolute Gasteiger partial charge is 0.399 e. The molecule has 0 aliphatic rings. The molecule has 0 fully saturated rings. The minimum Gasteiger partial charge on any atom is -0.399 e. The van der Waals surface area contributed by atoms with E-state index >= 15 is 0 Å². The fourth-order valence-electron chi connectivity index (χ4n) is 1.92. The summed E-state index contributed by atoms with van der Waals surface area (Å²) in [5, 5.41) is 13.3. The zero-order valence-electron chi connectivity index (χ0n) is 11.1. The van der Waals surface area contributed by atoms with E-state index in [0.717, 1.165) is 6.07 Å². The molecule has 1 amide bonds. The number of rotatable bonds is 3. The SMILES string of the molecule is Cc1cccc([N+](=O)[O-])c1C(=O)Nc1cc(N)ccc1F. The Bertz CT molecular complexity index is 731. The maximum atomic E-state index is 13.6. The number of benzene rings is 2. The van der Waals surface area contributed by atoms with Gasteiger partial charge in [0, 0.05) is 11.8 Å². The Balaban J connectivity index is 2.42. The van der Waals surface area contributed by atoms with Gasteiger partial charge in [-0.1, -0.05) is 12.1 Å². The summed E-state index contributed by atoms with van der Waals surface area (Å²) < 4.78 is 13.6. The average molecular weight is 289 g/mol. The summed E-state index contributed by atoms with van der Waals surface area (Å²) in [7, 11) is 0. The summed E-state index contributed by atoms with van der Waals surface area (Å²) in [4.78, 5) is 22.5. The molecular formula is C14H12FN3O3. The molecule has 2 rings (SSSR count). The molecule has 0 aromatic heterocycles. The maximum absolute atomic E-state index is 13.6. The summed E-state index contributed by atoms with van der Waals surface area (Å²) in [6, 6.07) is 7.97. The zero-order chi connectivity index (χ0) is 15.6. The van der Waals surface area contributed by atoms with Crippen LogP contribution in [0.15, 0.2) is 36.4 Å². The molecule has 6 nitrogen and oxygen atoms in total. The summed E-state index contributed by atoms with van der Waals surface area (Å²) >= 11 is 0. The molecule has 21 heavy (non-hydrogen) atoms. The number of nitro groups is 1. The van der Waals surface area contributed by atoms with Crippen LogP contribution in [0.25, 0.3) is 0 Å². The molecule has 0 saturated heterocycles. The second-order valence-corrected chi connectivity index (χ2v) is 4.42. The number of nitrogens with zero attached hydrogens (tertiary/aromatic N) is 1. The van der Waals surface area contributed by atoms with E-state index in [1.807, 2.05) is 0 Å². The standard InChI is InChI=1S/C14H12FN3O3/c1-8-3-2-4-12(18(20)21)13(8)14(19)17-11-7-9(16)5-6-10(11)15/h2-7H,16H2,1H3,(H,17,19). The van der Waals surface area contributed by atoms with Gasteiger partial charge in [-0.05, 0) is 30.7 Å². The highest BCUT2D eigenvalue weighted by molar-refractivity contribution is 6.08. The van der Waals surface area contributed by atoms with Gasteiger partial charge in [0.15, 0.2) is 0 Å². The number of nitrogens with two attached hydrogens (primary N) is 1. The van der Waals surface area contributed by atoms with E-state index in [4.69, 9.17) is 5.73 Å². The van der Waals surface area contributed by atoms with Crippen LogP contribution in [-0.4, -0.2) is 10.8 Å². The lowest BCUT2D eigenvalue weighted by Crippen LogP contribution is -2.16. The van der Waals surface area contributed by atoms with Crippen LogP contribution < -0.4 is 11.1 Å². The highest BCUT2D eigenvalue weighted by Gasteiger charge is 2.22. The number of aryl methyl sites for hydroxylation is 1. The predicted octanol–water partition coefficient (Wildman–Crippen LogP) is 2.88. The quantitative estimate of drug-likeness (QED) is 0.515. The third-order valence-electron chi connectivity index (χ3n) is 2.91. The Morgan fingerprint density at radius 1 is 1.33 bits per heavy atom. The van der Waals surface area contributed by atoms with E-state index in [9.17, 15) is 19.3 Å². The molecule has 0 saturated carbocycles. The van der Waals surface area contributed by atoms with E-state index in [1.165, 1.54) is 24.3 Å². The van der Waals surface area contributed by atoms with E-state index in [2.05, 4.69) is 5.32 Å². The van der Waals surface area contributed by atoms with Crippen molar-refractivity contribution < 1.29 is 14.1 Å². The lowest BCUT2D eigenvalue weighted by atomic mass is 10.1. The molecule has 0 bridgehead atoms. The smallest absolute Gasteiger partial charge is 0.282 e. The number of halogens is 1. The predicted molar refractivity (Wildman–Crippen MR) is 76.6 cm³/mol. The topological polar surface area (TPSA) is 98.3 Å². The molecule has 0 unspecified atom stereocenters. The highest BCUT2D eigenvalue weighted by Crippen LogP contribution is 2.24. The summed E-state index contributed by atoms with van der Waals surface area (Å²) in [6.07, 6.45) is 0. The van der Waals surface area contributed by atoms with Crippen molar-refractivity contribution in [3.63, 3.8) is 0 Å². The van der Waals surface area contributed by atoms with Crippen molar-refractivity contribution in [3.8, 4) is 0 Å². The zero-order valence-corrected chi connectivity index (χ0v) is 11.1.